The Morgan fingerprint density at radius 3 is 2.69 bits per heavy atom. The van der Waals surface area contributed by atoms with Gasteiger partial charge in [0, 0.05) is 11.8 Å². The predicted molar refractivity (Wildman–Crippen MR) is 122 cm³/mol. The number of pyridine rings is 1. The summed E-state index contributed by atoms with van der Waals surface area (Å²) in [6.07, 6.45) is 3.27. The molecule has 10 nitrogen and oxygen atoms in total. The van der Waals surface area contributed by atoms with Crippen LogP contribution >= 0.6 is 0 Å². The van der Waals surface area contributed by atoms with Crippen LogP contribution in [0.2, 0.25) is 0 Å². The predicted octanol–water partition coefficient (Wildman–Crippen LogP) is 3.77. The zero-order valence-corrected chi connectivity index (χ0v) is 19.2. The third kappa shape index (κ3) is 6.13. The number of carboxylic acids is 1. The lowest BCUT2D eigenvalue weighted by Crippen LogP contribution is -2.25. The number of nitrogens with zero attached hydrogens (tertiary/aromatic N) is 2. The summed E-state index contributed by atoms with van der Waals surface area (Å²) in [5.74, 6) is -0.903. The molecule has 1 aromatic carbocycles. The van der Waals surface area contributed by atoms with Crippen molar-refractivity contribution in [2.75, 3.05) is 6.61 Å². The summed E-state index contributed by atoms with van der Waals surface area (Å²) >= 11 is 0. The third-order valence-electron chi connectivity index (χ3n) is 5.38. The molecule has 1 atom stereocenters. The molecule has 190 valence electrons. The summed E-state index contributed by atoms with van der Waals surface area (Å²) in [6.45, 7) is -1.02. The van der Waals surface area contributed by atoms with Gasteiger partial charge in [-0.25, -0.2) is 9.78 Å². The Kier molecular flexibility index (Phi) is 7.44. The fraction of sp³-hybridized carbons (Fsp3) is 0.333. The molecule has 3 aromatic rings. The van der Waals surface area contributed by atoms with Gasteiger partial charge < -0.3 is 30.0 Å². The molecule has 2 aromatic heterocycles. The van der Waals surface area contributed by atoms with Gasteiger partial charge in [0.1, 0.15) is 17.1 Å². The van der Waals surface area contributed by atoms with E-state index in [-0.39, 0.29) is 35.2 Å². The van der Waals surface area contributed by atoms with E-state index in [1.165, 1.54) is 30.5 Å². The number of ether oxygens (including phenoxy) is 2. The van der Waals surface area contributed by atoms with Gasteiger partial charge >= 0.3 is 12.6 Å². The highest BCUT2D eigenvalue weighted by molar-refractivity contribution is 5.95. The van der Waals surface area contributed by atoms with Gasteiger partial charge in [0.2, 0.25) is 5.89 Å². The molecule has 2 heterocycles. The van der Waals surface area contributed by atoms with E-state index in [2.05, 4.69) is 20.0 Å². The number of nitrogens with two attached hydrogens (primary N) is 1. The Balaban J connectivity index is 1.55. The van der Waals surface area contributed by atoms with Gasteiger partial charge in [0.15, 0.2) is 11.5 Å². The van der Waals surface area contributed by atoms with E-state index in [1.54, 1.807) is 6.92 Å². The van der Waals surface area contributed by atoms with Crippen LogP contribution in [0.15, 0.2) is 40.9 Å². The topological polar surface area (TPSA) is 150 Å². The second kappa shape index (κ2) is 10.7. The number of rotatable bonds is 11. The first-order chi connectivity index (χ1) is 17.2. The van der Waals surface area contributed by atoms with Gasteiger partial charge in [0.05, 0.1) is 24.8 Å². The summed E-state index contributed by atoms with van der Waals surface area (Å²) in [6, 6.07) is 6.21. The second-order valence-corrected chi connectivity index (χ2v) is 8.33. The van der Waals surface area contributed by atoms with Crippen LogP contribution in [0.5, 0.6) is 11.5 Å². The van der Waals surface area contributed by atoms with Gasteiger partial charge in [-0.15, -0.1) is 0 Å². The normalized spacial score (nSPS) is 13.9. The lowest BCUT2D eigenvalue weighted by Gasteiger charge is -2.12. The van der Waals surface area contributed by atoms with Crippen molar-refractivity contribution < 1.29 is 37.4 Å². The maximum absolute atomic E-state index is 12.8. The first-order valence-electron chi connectivity index (χ1n) is 11.2. The zero-order valence-electron chi connectivity index (χ0n) is 19.2. The van der Waals surface area contributed by atoms with Crippen LogP contribution < -0.4 is 20.5 Å². The standard InChI is InChI=1S/C24H24F2N4O6/c1-12(27)20-17(10-29-21(31)16-8-15(23(32)33)6-7-28-16)30-22(36-20)14-4-5-18(35-24(25)26)19(9-14)34-11-13-2-3-13/h4-9,12-13,24H,2-3,10-11,27H2,1H3,(H,29,31)(H,32,33)/t12-/m0/s1. The minimum absolute atomic E-state index is 0.0736. The van der Waals surface area contributed by atoms with E-state index in [4.69, 9.17) is 20.0 Å². The van der Waals surface area contributed by atoms with Crippen molar-refractivity contribution in [1.82, 2.24) is 15.3 Å². The van der Waals surface area contributed by atoms with Crippen LogP contribution in [0.3, 0.4) is 0 Å². The van der Waals surface area contributed by atoms with Gasteiger partial charge in [-0.1, -0.05) is 0 Å². The molecule has 0 unspecified atom stereocenters. The molecule has 1 aliphatic carbocycles. The number of amides is 1. The Hall–Kier alpha value is -4.06. The van der Waals surface area contributed by atoms with Crippen molar-refractivity contribution in [1.29, 1.82) is 0 Å². The molecule has 4 rings (SSSR count). The lowest BCUT2D eigenvalue weighted by atomic mass is 10.2. The number of aromatic carboxylic acids is 1. The van der Waals surface area contributed by atoms with Crippen LogP contribution in [0.1, 0.15) is 58.1 Å². The molecule has 1 aliphatic rings. The highest BCUT2D eigenvalue weighted by Crippen LogP contribution is 2.37. The van der Waals surface area contributed by atoms with Crippen LogP contribution in [-0.4, -0.2) is 40.2 Å². The summed E-state index contributed by atoms with van der Waals surface area (Å²) in [5, 5.41) is 11.7. The van der Waals surface area contributed by atoms with Crippen molar-refractivity contribution in [3.63, 3.8) is 0 Å². The summed E-state index contributed by atoms with van der Waals surface area (Å²) in [4.78, 5) is 32.0. The SMILES string of the molecule is C[C@H](N)c1oc(-c2ccc(OC(F)F)c(OCC3CC3)c2)nc1CNC(=O)c1cc(C(=O)O)ccn1. The average Bonchev–Trinajstić information content (AvgIpc) is 3.58. The van der Waals surface area contributed by atoms with Gasteiger partial charge in [-0.2, -0.15) is 8.78 Å². The molecule has 1 saturated carbocycles. The van der Waals surface area contributed by atoms with Gasteiger partial charge in [0.25, 0.3) is 5.91 Å². The lowest BCUT2D eigenvalue weighted by molar-refractivity contribution is -0.0515. The molecule has 1 amide bonds. The van der Waals surface area contributed by atoms with E-state index in [1.807, 2.05) is 0 Å². The Bertz CT molecular complexity index is 1260. The number of nitrogens with one attached hydrogen (secondary N) is 1. The number of oxazole rings is 1. The molecule has 0 radical (unpaired) electrons. The molecule has 0 saturated heterocycles. The fourth-order valence-electron chi connectivity index (χ4n) is 3.35. The monoisotopic (exact) mass is 502 g/mol. The highest BCUT2D eigenvalue weighted by Gasteiger charge is 2.24. The van der Waals surface area contributed by atoms with Crippen molar-refractivity contribution in [3.05, 3.63) is 59.2 Å². The first-order valence-corrected chi connectivity index (χ1v) is 11.2. The van der Waals surface area contributed by atoms with Crippen LogP contribution in [0, 0.1) is 5.92 Å². The first kappa shape index (κ1) is 25.0. The Morgan fingerprint density at radius 2 is 2.03 bits per heavy atom. The molecule has 0 spiro atoms. The van der Waals surface area contributed by atoms with E-state index >= 15 is 0 Å². The number of carbonyl (C=O) groups excluding carboxylic acids is 1. The smallest absolute Gasteiger partial charge is 0.387 e. The van der Waals surface area contributed by atoms with Crippen LogP contribution in [-0.2, 0) is 6.54 Å². The summed E-state index contributed by atoms with van der Waals surface area (Å²) in [7, 11) is 0. The Labute approximate surface area is 204 Å². The molecular weight excluding hydrogens is 478 g/mol. The number of halogens is 2. The molecule has 36 heavy (non-hydrogen) atoms. The second-order valence-electron chi connectivity index (χ2n) is 8.33. The van der Waals surface area contributed by atoms with E-state index < -0.39 is 24.5 Å². The van der Waals surface area contributed by atoms with Crippen LogP contribution in [0.25, 0.3) is 11.5 Å². The number of carboxylic acid groups (broad SMARTS) is 1. The largest absolute Gasteiger partial charge is 0.489 e. The number of carbonyl (C=O) groups is 2. The zero-order chi connectivity index (χ0) is 25.8. The number of alkyl halides is 2. The number of aromatic nitrogens is 2. The number of benzene rings is 1. The minimum atomic E-state index is -3.01. The molecule has 1 fully saturated rings. The molecule has 12 heteroatoms. The number of hydrogen-bond donors (Lipinski definition) is 3. The third-order valence-corrected chi connectivity index (χ3v) is 5.38. The maximum atomic E-state index is 12.8. The van der Waals surface area contributed by atoms with Crippen molar-refractivity contribution in [2.24, 2.45) is 11.7 Å². The number of hydrogen-bond acceptors (Lipinski definition) is 8. The summed E-state index contributed by atoms with van der Waals surface area (Å²) in [5.41, 5.74) is 6.66. The molecule has 0 aliphatic heterocycles. The van der Waals surface area contributed by atoms with Crippen molar-refractivity contribution in [2.45, 2.75) is 39.0 Å². The summed E-state index contributed by atoms with van der Waals surface area (Å²) < 4.78 is 41.8. The fourth-order valence-corrected chi connectivity index (χ4v) is 3.35. The van der Waals surface area contributed by atoms with E-state index in [9.17, 15) is 18.4 Å². The maximum Gasteiger partial charge on any atom is 0.387 e. The minimum Gasteiger partial charge on any atom is -0.489 e. The quantitative estimate of drug-likeness (QED) is 0.356. The van der Waals surface area contributed by atoms with Crippen LogP contribution in [0.4, 0.5) is 8.78 Å². The molecular formula is C24H24F2N4O6. The average molecular weight is 502 g/mol. The van der Waals surface area contributed by atoms with E-state index in [0.29, 0.717) is 29.5 Å². The van der Waals surface area contributed by atoms with Crippen molar-refractivity contribution >= 4 is 11.9 Å². The molecule has 4 N–H and O–H groups in total. The Morgan fingerprint density at radius 1 is 1.25 bits per heavy atom. The molecule has 0 bridgehead atoms. The van der Waals surface area contributed by atoms with Gasteiger partial charge in [-0.3, -0.25) is 9.78 Å². The van der Waals surface area contributed by atoms with Gasteiger partial charge in [-0.05, 0) is 56.0 Å². The highest BCUT2D eigenvalue weighted by atomic mass is 19.3. The van der Waals surface area contributed by atoms with Crippen molar-refractivity contribution in [3.8, 4) is 23.0 Å². The van der Waals surface area contributed by atoms with E-state index in [0.717, 1.165) is 18.9 Å².